The molecule has 2 N–H and O–H groups in total. The van der Waals surface area contributed by atoms with Crippen LogP contribution in [-0.4, -0.2) is 30.7 Å². The van der Waals surface area contributed by atoms with Crippen molar-refractivity contribution in [1.29, 1.82) is 0 Å². The van der Waals surface area contributed by atoms with Crippen LogP contribution in [0.3, 0.4) is 0 Å². The van der Waals surface area contributed by atoms with Gasteiger partial charge in [-0.1, -0.05) is 6.92 Å². The minimum Gasteiger partial charge on any atom is -0.326 e. The van der Waals surface area contributed by atoms with Crippen molar-refractivity contribution in [2.75, 3.05) is 0 Å². The number of benzene rings is 1. The molecule has 1 saturated carbocycles. The van der Waals surface area contributed by atoms with E-state index in [4.69, 9.17) is 5.73 Å². The third-order valence-corrected chi connectivity index (χ3v) is 5.34. The predicted molar refractivity (Wildman–Crippen MR) is 76.5 cm³/mol. The Morgan fingerprint density at radius 2 is 2.10 bits per heavy atom. The first-order valence-electron chi connectivity index (χ1n) is 6.88. The first-order valence-corrected chi connectivity index (χ1v) is 8.32. The second-order valence-corrected chi connectivity index (χ2v) is 7.14. The number of carbonyl (C=O) groups is 1. The summed E-state index contributed by atoms with van der Waals surface area (Å²) in [5.41, 5.74) is 5.93. The maximum atomic E-state index is 13.3. The molecule has 5 nitrogen and oxygen atoms in total. The van der Waals surface area contributed by atoms with Gasteiger partial charge in [0.05, 0.1) is 10.9 Å². The van der Waals surface area contributed by atoms with Crippen LogP contribution in [-0.2, 0) is 14.8 Å². The molecule has 1 aliphatic rings. The van der Waals surface area contributed by atoms with Crippen LogP contribution in [0.4, 0.5) is 4.39 Å². The zero-order valence-corrected chi connectivity index (χ0v) is 12.9. The van der Waals surface area contributed by atoms with E-state index in [1.54, 1.807) is 6.92 Å². The van der Waals surface area contributed by atoms with E-state index in [-0.39, 0.29) is 22.9 Å². The van der Waals surface area contributed by atoms with Crippen molar-refractivity contribution in [1.82, 2.24) is 4.31 Å². The summed E-state index contributed by atoms with van der Waals surface area (Å²) in [6, 6.07) is 2.71. The third-order valence-electron chi connectivity index (χ3n) is 3.50. The van der Waals surface area contributed by atoms with Crippen LogP contribution < -0.4 is 5.73 Å². The Morgan fingerprint density at radius 3 is 2.57 bits per heavy atom. The molecule has 0 heterocycles. The normalized spacial score (nSPS) is 21.1. The molecule has 2 rings (SSSR count). The molecule has 21 heavy (non-hydrogen) atoms. The Kier molecular flexibility index (Phi) is 4.34. The fourth-order valence-electron chi connectivity index (χ4n) is 2.18. The van der Waals surface area contributed by atoms with Gasteiger partial charge in [-0.25, -0.2) is 17.1 Å². The molecule has 0 unspecified atom stereocenters. The summed E-state index contributed by atoms with van der Waals surface area (Å²) in [6.07, 6.45) is 1.16. The third kappa shape index (κ3) is 3.08. The molecule has 116 valence electrons. The van der Waals surface area contributed by atoms with Crippen molar-refractivity contribution in [3.05, 3.63) is 29.6 Å². The first kappa shape index (κ1) is 15.9. The number of sulfonamides is 1. The number of aryl methyl sites for hydroxylation is 1. The smallest absolute Gasteiger partial charge is 0.266 e. The Morgan fingerprint density at radius 1 is 1.48 bits per heavy atom. The standard InChI is InChI=1S/C14H19FN2O3S/c1-3-4-14(18)17(13-8-12(13)16)21(19,20)10-5-6-11(15)9(2)7-10/h5-7,12-13H,3-4,8,16H2,1-2H3/t12-,13+/m1/s1. The molecule has 0 aromatic heterocycles. The van der Waals surface area contributed by atoms with Gasteiger partial charge in [0, 0.05) is 12.5 Å². The van der Waals surface area contributed by atoms with Gasteiger partial charge in [-0.3, -0.25) is 4.79 Å². The summed E-state index contributed by atoms with van der Waals surface area (Å²) in [7, 11) is -3.99. The topological polar surface area (TPSA) is 80.5 Å². The lowest BCUT2D eigenvalue weighted by molar-refractivity contribution is -0.126. The molecule has 1 aromatic rings. The van der Waals surface area contributed by atoms with E-state index in [0.29, 0.717) is 12.8 Å². The highest BCUT2D eigenvalue weighted by atomic mass is 32.2. The van der Waals surface area contributed by atoms with Crippen molar-refractivity contribution >= 4 is 15.9 Å². The minimum atomic E-state index is -3.99. The molecule has 1 fully saturated rings. The maximum Gasteiger partial charge on any atom is 0.266 e. The van der Waals surface area contributed by atoms with Gasteiger partial charge >= 0.3 is 0 Å². The van der Waals surface area contributed by atoms with E-state index in [1.807, 2.05) is 0 Å². The Bertz CT molecular complexity index is 660. The van der Waals surface area contributed by atoms with Gasteiger partial charge in [-0.15, -0.1) is 0 Å². The lowest BCUT2D eigenvalue weighted by Crippen LogP contribution is -2.40. The molecule has 1 amide bonds. The lowest BCUT2D eigenvalue weighted by atomic mass is 10.2. The second-order valence-electron chi connectivity index (χ2n) is 5.32. The molecule has 2 atom stereocenters. The fourth-order valence-corrected chi connectivity index (χ4v) is 3.93. The quantitative estimate of drug-likeness (QED) is 0.894. The van der Waals surface area contributed by atoms with Crippen LogP contribution in [0, 0.1) is 12.7 Å². The lowest BCUT2D eigenvalue weighted by Gasteiger charge is -2.22. The van der Waals surface area contributed by atoms with Crippen LogP contribution in [0.25, 0.3) is 0 Å². The van der Waals surface area contributed by atoms with Gasteiger partial charge in [0.15, 0.2) is 0 Å². The summed E-state index contributed by atoms with van der Waals surface area (Å²) in [5.74, 6) is -0.944. The number of carbonyl (C=O) groups excluding carboxylic acids is 1. The van der Waals surface area contributed by atoms with E-state index < -0.39 is 27.8 Å². The van der Waals surface area contributed by atoms with Gasteiger partial charge in [0.1, 0.15) is 5.82 Å². The number of hydrogen-bond donors (Lipinski definition) is 1. The summed E-state index contributed by atoms with van der Waals surface area (Å²) >= 11 is 0. The molecule has 1 aliphatic carbocycles. The maximum absolute atomic E-state index is 13.3. The highest BCUT2D eigenvalue weighted by Crippen LogP contribution is 2.32. The largest absolute Gasteiger partial charge is 0.326 e. The average molecular weight is 314 g/mol. The number of rotatable bonds is 5. The van der Waals surface area contributed by atoms with Gasteiger partial charge in [0.2, 0.25) is 5.91 Å². The second kappa shape index (κ2) is 5.73. The summed E-state index contributed by atoms with van der Waals surface area (Å²) in [6.45, 7) is 3.28. The number of hydrogen-bond acceptors (Lipinski definition) is 4. The Hall–Kier alpha value is -1.47. The molecular formula is C14H19FN2O3S. The molecule has 7 heteroatoms. The molecule has 0 spiro atoms. The minimum absolute atomic E-state index is 0.0787. The average Bonchev–Trinajstić information content (AvgIpc) is 3.09. The van der Waals surface area contributed by atoms with Gasteiger partial charge in [-0.2, -0.15) is 0 Å². The van der Waals surface area contributed by atoms with Crippen LogP contribution in [0.15, 0.2) is 23.1 Å². The van der Waals surface area contributed by atoms with Gasteiger partial charge in [-0.05, 0) is 43.5 Å². The molecular weight excluding hydrogens is 295 g/mol. The highest BCUT2D eigenvalue weighted by molar-refractivity contribution is 7.89. The van der Waals surface area contributed by atoms with E-state index in [9.17, 15) is 17.6 Å². The number of nitrogens with zero attached hydrogens (tertiary/aromatic N) is 1. The van der Waals surface area contributed by atoms with Crippen molar-refractivity contribution < 1.29 is 17.6 Å². The van der Waals surface area contributed by atoms with Crippen molar-refractivity contribution in [3.63, 3.8) is 0 Å². The molecule has 0 bridgehead atoms. The zero-order valence-electron chi connectivity index (χ0n) is 12.0. The SMILES string of the molecule is CCCC(=O)N([C@H]1C[C@H]1N)S(=O)(=O)c1ccc(F)c(C)c1. The summed E-state index contributed by atoms with van der Waals surface area (Å²) in [5, 5.41) is 0. The Balaban J connectivity index is 2.41. The number of halogens is 1. The van der Waals surface area contributed by atoms with Crippen LogP contribution >= 0.6 is 0 Å². The van der Waals surface area contributed by atoms with E-state index >= 15 is 0 Å². The van der Waals surface area contributed by atoms with Gasteiger partial charge < -0.3 is 5.73 Å². The van der Waals surface area contributed by atoms with Crippen LogP contribution in [0.1, 0.15) is 31.7 Å². The fraction of sp³-hybridized carbons (Fsp3) is 0.500. The van der Waals surface area contributed by atoms with Crippen molar-refractivity contribution in [3.8, 4) is 0 Å². The predicted octanol–water partition coefficient (Wildman–Crippen LogP) is 1.55. The first-order chi connectivity index (χ1) is 9.78. The number of amides is 1. The van der Waals surface area contributed by atoms with Crippen molar-refractivity contribution in [2.45, 2.75) is 50.1 Å². The summed E-state index contributed by atoms with van der Waals surface area (Å²) < 4.78 is 39.5. The molecule has 0 saturated heterocycles. The van der Waals surface area contributed by atoms with Crippen molar-refractivity contribution in [2.24, 2.45) is 5.73 Å². The van der Waals surface area contributed by atoms with E-state index in [0.717, 1.165) is 10.4 Å². The van der Waals surface area contributed by atoms with E-state index in [1.165, 1.54) is 19.1 Å². The van der Waals surface area contributed by atoms with Gasteiger partial charge in [0.25, 0.3) is 10.0 Å². The van der Waals surface area contributed by atoms with Crippen LogP contribution in [0.5, 0.6) is 0 Å². The molecule has 0 radical (unpaired) electrons. The molecule has 0 aliphatic heterocycles. The summed E-state index contributed by atoms with van der Waals surface area (Å²) in [4.78, 5) is 12.1. The zero-order chi connectivity index (χ0) is 15.8. The monoisotopic (exact) mass is 314 g/mol. The molecule has 1 aromatic carbocycles. The van der Waals surface area contributed by atoms with Crippen LogP contribution in [0.2, 0.25) is 0 Å². The number of nitrogens with two attached hydrogens (primary N) is 1. The highest BCUT2D eigenvalue weighted by Gasteiger charge is 2.47. The Labute approximate surface area is 124 Å². The van der Waals surface area contributed by atoms with E-state index in [2.05, 4.69) is 0 Å².